The SMILES string of the molecule is CC(=O)OCCCCC/C=C\C[C@]1(OC(C)=O)C=CC(=O)/C1=C/C=C\[C@@H](CCC(=O)O)OC(C)=O. The fourth-order valence-electron chi connectivity index (χ4n) is 3.47. The lowest BCUT2D eigenvalue weighted by molar-refractivity contribution is -0.149. The van der Waals surface area contributed by atoms with Crippen molar-refractivity contribution in [3.05, 3.63) is 48.1 Å². The van der Waals surface area contributed by atoms with E-state index in [1.165, 1.54) is 45.1 Å². The molecule has 0 spiro atoms. The van der Waals surface area contributed by atoms with Crippen LogP contribution >= 0.6 is 0 Å². The van der Waals surface area contributed by atoms with Crippen LogP contribution in [0, 0.1) is 0 Å². The van der Waals surface area contributed by atoms with Crippen molar-refractivity contribution in [2.45, 2.75) is 77.4 Å². The van der Waals surface area contributed by atoms with Gasteiger partial charge in [-0.1, -0.05) is 24.3 Å². The third-order valence-electron chi connectivity index (χ3n) is 5.01. The van der Waals surface area contributed by atoms with E-state index in [-0.39, 0.29) is 36.6 Å². The zero-order valence-electron chi connectivity index (χ0n) is 20.5. The Hall–Kier alpha value is -3.49. The molecule has 0 amide bonds. The molecule has 35 heavy (non-hydrogen) atoms. The van der Waals surface area contributed by atoms with Crippen LogP contribution in [0.3, 0.4) is 0 Å². The summed E-state index contributed by atoms with van der Waals surface area (Å²) >= 11 is 0. The molecule has 1 rings (SSSR count). The Bertz CT molecular complexity index is 894. The topological polar surface area (TPSA) is 133 Å². The summed E-state index contributed by atoms with van der Waals surface area (Å²) in [6, 6.07) is 0. The maximum atomic E-state index is 12.5. The standard InChI is InChI=1S/C26H34O9/c1-19(27)33-18-9-7-5-4-6-8-16-26(35-21(3)29)17-15-24(30)23(26)12-10-11-22(34-20(2)28)13-14-25(31)32/h6,8,10-12,15,17,22H,4-5,7,9,13-14,16,18H2,1-3H3,(H,31,32)/b8-6-,11-10-,23-12-/t22-,26-/m0/s1. The lowest BCUT2D eigenvalue weighted by atomic mass is 9.91. The number of hydrogen-bond donors (Lipinski definition) is 1. The first-order chi connectivity index (χ1) is 16.6. The molecule has 0 saturated heterocycles. The van der Waals surface area contributed by atoms with Gasteiger partial charge >= 0.3 is 23.9 Å². The fraction of sp³-hybridized carbons (Fsp3) is 0.500. The van der Waals surface area contributed by atoms with Crippen molar-refractivity contribution in [1.82, 2.24) is 0 Å². The van der Waals surface area contributed by atoms with Gasteiger partial charge < -0.3 is 19.3 Å². The van der Waals surface area contributed by atoms with E-state index in [0.29, 0.717) is 6.61 Å². The van der Waals surface area contributed by atoms with Crippen molar-refractivity contribution < 1.29 is 43.3 Å². The van der Waals surface area contributed by atoms with Crippen LogP contribution in [0.2, 0.25) is 0 Å². The van der Waals surface area contributed by atoms with Gasteiger partial charge in [0.2, 0.25) is 0 Å². The van der Waals surface area contributed by atoms with E-state index in [1.54, 1.807) is 6.08 Å². The van der Waals surface area contributed by atoms with Gasteiger partial charge in [-0.05, 0) is 50.3 Å². The Labute approximate surface area is 205 Å². The lowest BCUT2D eigenvalue weighted by Gasteiger charge is -2.27. The summed E-state index contributed by atoms with van der Waals surface area (Å²) in [5.74, 6) is -2.72. The second kappa shape index (κ2) is 15.4. The number of carboxylic acids is 1. The molecule has 9 heteroatoms. The van der Waals surface area contributed by atoms with E-state index in [2.05, 4.69) is 0 Å². The van der Waals surface area contributed by atoms with Gasteiger partial charge in [-0.3, -0.25) is 24.0 Å². The number of carboxylic acid groups (broad SMARTS) is 1. The first-order valence-corrected chi connectivity index (χ1v) is 11.5. The Morgan fingerprint density at radius 1 is 1.03 bits per heavy atom. The highest BCUT2D eigenvalue weighted by atomic mass is 16.6. The zero-order chi connectivity index (χ0) is 26.3. The maximum Gasteiger partial charge on any atom is 0.303 e. The zero-order valence-corrected chi connectivity index (χ0v) is 20.5. The van der Waals surface area contributed by atoms with Gasteiger partial charge in [-0.25, -0.2) is 0 Å². The number of ketones is 1. The third kappa shape index (κ3) is 12.0. The number of ether oxygens (including phenoxy) is 3. The Morgan fingerprint density at radius 3 is 2.40 bits per heavy atom. The van der Waals surface area contributed by atoms with Crippen LogP contribution in [0.15, 0.2) is 48.1 Å². The molecule has 1 aliphatic carbocycles. The molecule has 0 aliphatic heterocycles. The Kier molecular flexibility index (Phi) is 13.0. The normalized spacial score (nSPS) is 19.4. The van der Waals surface area contributed by atoms with E-state index in [0.717, 1.165) is 25.7 Å². The van der Waals surface area contributed by atoms with E-state index in [4.69, 9.17) is 19.3 Å². The van der Waals surface area contributed by atoms with Crippen molar-refractivity contribution in [3.8, 4) is 0 Å². The minimum Gasteiger partial charge on any atom is -0.481 e. The molecule has 0 fully saturated rings. The van der Waals surface area contributed by atoms with E-state index < -0.39 is 29.6 Å². The predicted molar refractivity (Wildman–Crippen MR) is 127 cm³/mol. The van der Waals surface area contributed by atoms with Gasteiger partial charge in [0.05, 0.1) is 6.61 Å². The molecule has 2 atom stereocenters. The molecule has 0 saturated carbocycles. The summed E-state index contributed by atoms with van der Waals surface area (Å²) in [7, 11) is 0. The first-order valence-electron chi connectivity index (χ1n) is 11.5. The molecular formula is C26H34O9. The summed E-state index contributed by atoms with van der Waals surface area (Å²) in [6.07, 6.45) is 13.9. The summed E-state index contributed by atoms with van der Waals surface area (Å²) in [6.45, 7) is 4.27. The van der Waals surface area contributed by atoms with E-state index >= 15 is 0 Å². The van der Waals surface area contributed by atoms with Gasteiger partial charge in [0.25, 0.3) is 0 Å². The molecule has 9 nitrogen and oxygen atoms in total. The van der Waals surface area contributed by atoms with Crippen LogP contribution in [-0.2, 0) is 38.2 Å². The van der Waals surface area contributed by atoms with Crippen LogP contribution in [0.25, 0.3) is 0 Å². The number of carbonyl (C=O) groups excluding carboxylic acids is 4. The third-order valence-corrected chi connectivity index (χ3v) is 5.01. The molecule has 1 aliphatic rings. The van der Waals surface area contributed by atoms with E-state index in [9.17, 15) is 24.0 Å². The number of rotatable bonds is 15. The number of carbonyl (C=O) groups is 5. The van der Waals surface area contributed by atoms with Crippen molar-refractivity contribution in [2.24, 2.45) is 0 Å². The monoisotopic (exact) mass is 490 g/mol. The van der Waals surface area contributed by atoms with Crippen molar-refractivity contribution in [1.29, 1.82) is 0 Å². The number of hydrogen-bond acceptors (Lipinski definition) is 8. The maximum absolute atomic E-state index is 12.5. The molecular weight excluding hydrogens is 456 g/mol. The molecule has 0 aromatic carbocycles. The molecule has 0 unspecified atom stereocenters. The molecule has 192 valence electrons. The molecule has 0 aromatic heterocycles. The van der Waals surface area contributed by atoms with E-state index in [1.807, 2.05) is 12.2 Å². The molecule has 1 N–H and O–H groups in total. The average Bonchev–Trinajstić information content (AvgIpc) is 3.05. The number of aliphatic carboxylic acids is 1. The Morgan fingerprint density at radius 2 is 1.77 bits per heavy atom. The van der Waals surface area contributed by atoms with Gasteiger partial charge in [-0.2, -0.15) is 0 Å². The van der Waals surface area contributed by atoms with Crippen LogP contribution in [0.4, 0.5) is 0 Å². The second-order valence-corrected chi connectivity index (χ2v) is 8.09. The summed E-state index contributed by atoms with van der Waals surface area (Å²) in [5.41, 5.74) is -1.01. The van der Waals surface area contributed by atoms with Crippen LogP contribution < -0.4 is 0 Å². The molecule has 0 heterocycles. The van der Waals surface area contributed by atoms with Crippen LogP contribution in [0.1, 0.15) is 65.7 Å². The van der Waals surface area contributed by atoms with Gasteiger partial charge in [-0.15, -0.1) is 0 Å². The molecule has 0 bridgehead atoms. The number of unbranched alkanes of at least 4 members (excludes halogenated alkanes) is 3. The smallest absolute Gasteiger partial charge is 0.303 e. The second-order valence-electron chi connectivity index (χ2n) is 8.09. The summed E-state index contributed by atoms with van der Waals surface area (Å²) in [5, 5.41) is 8.87. The van der Waals surface area contributed by atoms with Crippen molar-refractivity contribution in [3.63, 3.8) is 0 Å². The first kappa shape index (κ1) is 29.5. The van der Waals surface area contributed by atoms with Gasteiger partial charge in [0.15, 0.2) is 11.4 Å². The fourth-order valence-corrected chi connectivity index (χ4v) is 3.47. The largest absolute Gasteiger partial charge is 0.481 e. The minimum absolute atomic E-state index is 0.0828. The highest BCUT2D eigenvalue weighted by Crippen LogP contribution is 2.34. The Balaban J connectivity index is 2.86. The quantitative estimate of drug-likeness (QED) is 0.120. The number of allylic oxidation sites excluding steroid dienone is 4. The van der Waals surface area contributed by atoms with Gasteiger partial charge in [0, 0.05) is 39.2 Å². The van der Waals surface area contributed by atoms with Crippen molar-refractivity contribution >= 4 is 29.7 Å². The van der Waals surface area contributed by atoms with Crippen LogP contribution in [-0.4, -0.2) is 53.1 Å². The summed E-state index contributed by atoms with van der Waals surface area (Å²) < 4.78 is 15.6. The minimum atomic E-state index is -1.25. The number of esters is 3. The van der Waals surface area contributed by atoms with Crippen molar-refractivity contribution in [2.75, 3.05) is 6.61 Å². The highest BCUT2D eigenvalue weighted by molar-refractivity contribution is 6.09. The lowest BCUT2D eigenvalue weighted by Crippen LogP contribution is -2.33. The average molecular weight is 491 g/mol. The van der Waals surface area contributed by atoms with Crippen LogP contribution in [0.5, 0.6) is 0 Å². The predicted octanol–water partition coefficient (Wildman–Crippen LogP) is 3.78. The molecule has 0 radical (unpaired) electrons. The highest BCUT2D eigenvalue weighted by Gasteiger charge is 2.41. The van der Waals surface area contributed by atoms with Gasteiger partial charge in [0.1, 0.15) is 6.10 Å². The molecule has 0 aromatic rings. The summed E-state index contributed by atoms with van der Waals surface area (Å²) in [4.78, 5) is 57.2.